The lowest BCUT2D eigenvalue weighted by molar-refractivity contribution is -0.139. The minimum absolute atomic E-state index is 0.0701. The molecule has 0 spiro atoms. The molecule has 1 aliphatic carbocycles. The Labute approximate surface area is 181 Å². The molecule has 8 heteroatoms. The predicted molar refractivity (Wildman–Crippen MR) is 116 cm³/mol. The largest absolute Gasteiger partial charge is 0.342 e. The van der Waals surface area contributed by atoms with Crippen molar-refractivity contribution in [2.24, 2.45) is 11.8 Å². The van der Waals surface area contributed by atoms with E-state index in [0.29, 0.717) is 43.2 Å². The molecule has 0 radical (unpaired) electrons. The number of aromatic nitrogens is 3. The molecule has 0 aromatic carbocycles. The first-order valence-corrected chi connectivity index (χ1v) is 11.6. The van der Waals surface area contributed by atoms with E-state index in [4.69, 9.17) is 4.98 Å². The molecule has 8 nitrogen and oxygen atoms in total. The van der Waals surface area contributed by atoms with Crippen molar-refractivity contribution in [1.29, 1.82) is 0 Å². The molecule has 166 valence electrons. The summed E-state index contributed by atoms with van der Waals surface area (Å²) in [4.78, 5) is 46.8. The Balaban J connectivity index is 1.40. The summed E-state index contributed by atoms with van der Waals surface area (Å²) in [5, 5.41) is 3.27. The maximum absolute atomic E-state index is 13.2. The molecule has 2 aromatic heterocycles. The van der Waals surface area contributed by atoms with Gasteiger partial charge in [0, 0.05) is 55.6 Å². The Kier molecular flexibility index (Phi) is 5.10. The number of carbonyl (C=O) groups is 2. The van der Waals surface area contributed by atoms with Crippen molar-refractivity contribution in [2.75, 3.05) is 19.6 Å². The molecule has 2 aromatic rings. The zero-order valence-corrected chi connectivity index (χ0v) is 18.4. The maximum Gasteiger partial charge on any atom is 0.277 e. The number of likely N-dealkylation sites (tertiary alicyclic amines) is 1. The number of piperidine rings is 1. The summed E-state index contributed by atoms with van der Waals surface area (Å²) in [6, 6.07) is 1.97. The molecule has 1 saturated heterocycles. The molecule has 2 fully saturated rings. The second kappa shape index (κ2) is 7.80. The molecule has 0 bridgehead atoms. The standard InChI is InChI=1S/C23H31N5O3/c1-14(2)21(29)27-10-8-18-17(13-27)23(31)28-20(24-18)11-19(25-28)16-7-4-9-26(12-16)22(30)15-5-3-6-15/h11,14-16,25H,3-10,12-13H2,1-2H3. The van der Waals surface area contributed by atoms with Crippen molar-refractivity contribution < 1.29 is 9.59 Å². The summed E-state index contributed by atoms with van der Waals surface area (Å²) in [5.74, 6) is 0.687. The fourth-order valence-electron chi connectivity index (χ4n) is 5.11. The van der Waals surface area contributed by atoms with Gasteiger partial charge in [-0.15, -0.1) is 0 Å². The Morgan fingerprint density at radius 1 is 1.13 bits per heavy atom. The third-order valence-corrected chi connectivity index (χ3v) is 7.21. The van der Waals surface area contributed by atoms with Crippen LogP contribution in [0.2, 0.25) is 0 Å². The average molecular weight is 426 g/mol. The smallest absolute Gasteiger partial charge is 0.277 e. The number of aromatic amines is 1. The fourth-order valence-corrected chi connectivity index (χ4v) is 5.11. The lowest BCUT2D eigenvalue weighted by Crippen LogP contribution is -2.44. The number of hydrogen-bond acceptors (Lipinski definition) is 4. The molecule has 31 heavy (non-hydrogen) atoms. The van der Waals surface area contributed by atoms with Crippen molar-refractivity contribution in [3.05, 3.63) is 33.4 Å². The molecule has 1 saturated carbocycles. The number of nitrogens with one attached hydrogen (secondary N) is 1. The first-order chi connectivity index (χ1) is 14.9. The first-order valence-electron chi connectivity index (χ1n) is 11.6. The van der Waals surface area contributed by atoms with Crippen molar-refractivity contribution in [3.63, 3.8) is 0 Å². The minimum Gasteiger partial charge on any atom is -0.342 e. The van der Waals surface area contributed by atoms with Crippen LogP contribution in [-0.4, -0.2) is 55.8 Å². The van der Waals surface area contributed by atoms with Crippen LogP contribution >= 0.6 is 0 Å². The second-order valence-electron chi connectivity index (χ2n) is 9.66. The van der Waals surface area contributed by atoms with Crippen LogP contribution < -0.4 is 5.56 Å². The second-order valence-corrected chi connectivity index (χ2v) is 9.66. The van der Waals surface area contributed by atoms with Crippen molar-refractivity contribution in [2.45, 2.75) is 64.8 Å². The van der Waals surface area contributed by atoms with Crippen LogP contribution in [0.25, 0.3) is 5.65 Å². The number of H-pyrrole nitrogens is 1. The van der Waals surface area contributed by atoms with Crippen LogP contribution in [0.15, 0.2) is 10.9 Å². The number of nitrogens with zero attached hydrogens (tertiary/aromatic N) is 4. The maximum atomic E-state index is 13.2. The Hall–Kier alpha value is -2.64. The van der Waals surface area contributed by atoms with Crippen LogP contribution in [0.1, 0.15) is 68.8 Å². The highest BCUT2D eigenvalue weighted by molar-refractivity contribution is 5.80. The Bertz CT molecular complexity index is 1080. The zero-order chi connectivity index (χ0) is 21.7. The molecular weight excluding hydrogens is 394 g/mol. The van der Waals surface area contributed by atoms with E-state index in [2.05, 4.69) is 5.10 Å². The van der Waals surface area contributed by atoms with E-state index in [9.17, 15) is 14.4 Å². The number of rotatable bonds is 3. The lowest BCUT2D eigenvalue weighted by atomic mass is 9.83. The summed E-state index contributed by atoms with van der Waals surface area (Å²) >= 11 is 0. The van der Waals surface area contributed by atoms with Gasteiger partial charge in [-0.25, -0.2) is 9.50 Å². The predicted octanol–water partition coefficient (Wildman–Crippen LogP) is 2.07. The number of carbonyl (C=O) groups excluding carboxylic acids is 2. The molecule has 2 amide bonds. The van der Waals surface area contributed by atoms with Gasteiger partial charge in [0.15, 0.2) is 5.65 Å². The van der Waals surface area contributed by atoms with E-state index < -0.39 is 0 Å². The minimum atomic E-state index is -0.120. The molecule has 1 atom stereocenters. The molecule has 2 aliphatic heterocycles. The monoisotopic (exact) mass is 425 g/mol. The third-order valence-electron chi connectivity index (χ3n) is 7.21. The molecule has 4 heterocycles. The highest BCUT2D eigenvalue weighted by Crippen LogP contribution is 2.32. The van der Waals surface area contributed by atoms with Crippen LogP contribution in [0.5, 0.6) is 0 Å². The fraction of sp³-hybridized carbons (Fsp3) is 0.652. The van der Waals surface area contributed by atoms with Gasteiger partial charge in [-0.2, -0.15) is 0 Å². The van der Waals surface area contributed by atoms with Gasteiger partial charge >= 0.3 is 0 Å². The van der Waals surface area contributed by atoms with Gasteiger partial charge in [0.1, 0.15) is 0 Å². The molecule has 1 N–H and O–H groups in total. The average Bonchev–Trinajstić information content (AvgIpc) is 3.16. The van der Waals surface area contributed by atoms with Gasteiger partial charge in [-0.1, -0.05) is 20.3 Å². The number of hydrogen-bond donors (Lipinski definition) is 1. The number of fused-ring (bicyclic) bond motifs is 2. The van der Waals surface area contributed by atoms with Gasteiger partial charge in [0.25, 0.3) is 5.56 Å². The summed E-state index contributed by atoms with van der Waals surface area (Å²) in [6.07, 6.45) is 5.78. The van der Waals surface area contributed by atoms with E-state index in [0.717, 1.165) is 50.0 Å². The highest BCUT2D eigenvalue weighted by atomic mass is 16.2. The summed E-state index contributed by atoms with van der Waals surface area (Å²) in [5.41, 5.74) is 2.88. The van der Waals surface area contributed by atoms with Crippen molar-refractivity contribution in [1.82, 2.24) is 24.4 Å². The van der Waals surface area contributed by atoms with E-state index in [1.165, 1.54) is 4.52 Å². The normalized spacial score (nSPS) is 22.0. The lowest BCUT2D eigenvalue weighted by Gasteiger charge is -2.37. The topological polar surface area (TPSA) is 90.8 Å². The van der Waals surface area contributed by atoms with E-state index in [1.54, 1.807) is 4.90 Å². The van der Waals surface area contributed by atoms with Gasteiger partial charge in [0.05, 0.1) is 17.8 Å². The molecule has 5 rings (SSSR count). The first kappa shape index (κ1) is 20.3. The van der Waals surface area contributed by atoms with Gasteiger partial charge < -0.3 is 9.80 Å². The van der Waals surface area contributed by atoms with E-state index in [1.807, 2.05) is 24.8 Å². The van der Waals surface area contributed by atoms with Crippen LogP contribution in [-0.2, 0) is 22.6 Å². The quantitative estimate of drug-likeness (QED) is 0.815. The van der Waals surface area contributed by atoms with Gasteiger partial charge in [-0.3, -0.25) is 19.5 Å². The van der Waals surface area contributed by atoms with E-state index in [-0.39, 0.29) is 29.2 Å². The van der Waals surface area contributed by atoms with Crippen LogP contribution in [0.4, 0.5) is 0 Å². The summed E-state index contributed by atoms with van der Waals surface area (Å²) in [6.45, 7) is 6.22. The third kappa shape index (κ3) is 3.55. The SMILES string of the molecule is CC(C)C(=O)N1CCc2nc3cc(C4CCCN(C(=O)C5CCC5)C4)[nH]n3c(=O)c2C1. The molecular formula is C23H31N5O3. The van der Waals surface area contributed by atoms with Gasteiger partial charge in [0.2, 0.25) is 11.8 Å². The Morgan fingerprint density at radius 3 is 2.65 bits per heavy atom. The zero-order valence-electron chi connectivity index (χ0n) is 18.4. The van der Waals surface area contributed by atoms with Crippen molar-refractivity contribution >= 4 is 17.5 Å². The summed E-state index contributed by atoms with van der Waals surface area (Å²) < 4.78 is 1.52. The van der Waals surface area contributed by atoms with Gasteiger partial charge in [-0.05, 0) is 25.7 Å². The Morgan fingerprint density at radius 2 is 1.94 bits per heavy atom. The van der Waals surface area contributed by atoms with Crippen molar-refractivity contribution in [3.8, 4) is 0 Å². The number of amides is 2. The van der Waals surface area contributed by atoms with Crippen LogP contribution in [0.3, 0.4) is 0 Å². The molecule has 1 unspecified atom stereocenters. The van der Waals surface area contributed by atoms with Crippen LogP contribution in [0, 0.1) is 11.8 Å². The highest BCUT2D eigenvalue weighted by Gasteiger charge is 2.33. The van der Waals surface area contributed by atoms with E-state index >= 15 is 0 Å². The molecule has 3 aliphatic rings. The summed E-state index contributed by atoms with van der Waals surface area (Å²) in [7, 11) is 0.